The van der Waals surface area contributed by atoms with Crippen molar-refractivity contribution >= 4 is 0 Å². The molecule has 5 unspecified atom stereocenters. The summed E-state index contributed by atoms with van der Waals surface area (Å²) in [6, 6.07) is 1.86. The second kappa shape index (κ2) is 6.88. The Kier molecular flexibility index (Phi) is 5.46. The van der Waals surface area contributed by atoms with Crippen LogP contribution in [-0.4, -0.2) is 37.9 Å². The van der Waals surface area contributed by atoms with E-state index in [2.05, 4.69) is 31.4 Å². The second-order valence-corrected chi connectivity index (χ2v) is 6.24. The molecule has 0 amide bonds. The molecule has 0 bridgehead atoms. The van der Waals surface area contributed by atoms with Crippen LogP contribution < -0.4 is 10.6 Å². The highest BCUT2D eigenvalue weighted by molar-refractivity contribution is 4.88. The third kappa shape index (κ3) is 3.69. The standard InChI is InChI=1S/C15H30N2O/c1-4-13-5-6-15(12(13)3)17-11(2)9-14-10-18-8-7-16-14/h11-17H,4-10H2,1-3H3. The number of nitrogens with one attached hydrogen (secondary N) is 2. The largest absolute Gasteiger partial charge is 0.379 e. The number of hydrogen-bond acceptors (Lipinski definition) is 3. The smallest absolute Gasteiger partial charge is 0.0620 e. The van der Waals surface area contributed by atoms with Crippen LogP contribution in [0.3, 0.4) is 0 Å². The third-order valence-corrected chi connectivity index (χ3v) is 4.89. The lowest BCUT2D eigenvalue weighted by Crippen LogP contribution is -2.47. The van der Waals surface area contributed by atoms with Crippen molar-refractivity contribution in [3.63, 3.8) is 0 Å². The van der Waals surface area contributed by atoms with Crippen LogP contribution >= 0.6 is 0 Å². The third-order valence-electron chi connectivity index (χ3n) is 4.89. The van der Waals surface area contributed by atoms with Crippen LogP contribution in [0.5, 0.6) is 0 Å². The first-order valence-electron chi connectivity index (χ1n) is 7.77. The SMILES string of the molecule is CCC1CCC(NC(C)CC2COCCN2)C1C. The summed E-state index contributed by atoms with van der Waals surface area (Å²) in [7, 11) is 0. The van der Waals surface area contributed by atoms with Crippen LogP contribution in [0.4, 0.5) is 0 Å². The van der Waals surface area contributed by atoms with E-state index >= 15 is 0 Å². The van der Waals surface area contributed by atoms with Gasteiger partial charge in [-0.25, -0.2) is 0 Å². The summed E-state index contributed by atoms with van der Waals surface area (Å²) in [6.07, 6.45) is 5.29. The summed E-state index contributed by atoms with van der Waals surface area (Å²) in [5.74, 6) is 1.78. The number of morpholine rings is 1. The van der Waals surface area contributed by atoms with Crippen molar-refractivity contribution in [2.75, 3.05) is 19.8 Å². The van der Waals surface area contributed by atoms with Crippen molar-refractivity contribution in [3.05, 3.63) is 0 Å². The molecule has 0 spiro atoms. The van der Waals surface area contributed by atoms with Gasteiger partial charge < -0.3 is 15.4 Å². The average molecular weight is 254 g/mol. The Morgan fingerprint density at radius 1 is 1.39 bits per heavy atom. The molecule has 2 rings (SSSR count). The van der Waals surface area contributed by atoms with Gasteiger partial charge in [-0.3, -0.25) is 0 Å². The van der Waals surface area contributed by atoms with Crippen LogP contribution in [0.25, 0.3) is 0 Å². The van der Waals surface area contributed by atoms with E-state index < -0.39 is 0 Å². The summed E-state index contributed by atoms with van der Waals surface area (Å²) in [5, 5.41) is 7.39. The van der Waals surface area contributed by atoms with Crippen molar-refractivity contribution in [2.24, 2.45) is 11.8 Å². The van der Waals surface area contributed by atoms with Gasteiger partial charge in [-0.2, -0.15) is 0 Å². The van der Waals surface area contributed by atoms with Gasteiger partial charge in [-0.05, 0) is 38.0 Å². The zero-order valence-electron chi connectivity index (χ0n) is 12.2. The molecule has 0 aromatic rings. The predicted molar refractivity (Wildman–Crippen MR) is 75.8 cm³/mol. The highest BCUT2D eigenvalue weighted by Gasteiger charge is 2.32. The van der Waals surface area contributed by atoms with Crippen LogP contribution in [0.15, 0.2) is 0 Å². The molecule has 1 aliphatic carbocycles. The first-order chi connectivity index (χ1) is 8.70. The lowest BCUT2D eigenvalue weighted by Gasteiger charge is -2.30. The van der Waals surface area contributed by atoms with Crippen molar-refractivity contribution in [2.45, 2.75) is 64.6 Å². The van der Waals surface area contributed by atoms with Crippen LogP contribution in [0.1, 0.15) is 46.5 Å². The molecule has 1 heterocycles. The van der Waals surface area contributed by atoms with Crippen LogP contribution in [-0.2, 0) is 4.74 Å². The van der Waals surface area contributed by atoms with Crippen molar-refractivity contribution in [1.82, 2.24) is 10.6 Å². The molecule has 3 nitrogen and oxygen atoms in total. The first-order valence-corrected chi connectivity index (χ1v) is 7.77. The molecule has 1 saturated carbocycles. The van der Waals surface area contributed by atoms with Crippen molar-refractivity contribution < 1.29 is 4.74 Å². The van der Waals surface area contributed by atoms with Gasteiger partial charge in [0, 0.05) is 24.7 Å². The Morgan fingerprint density at radius 2 is 2.22 bits per heavy atom. The first kappa shape index (κ1) is 14.3. The van der Waals surface area contributed by atoms with Crippen LogP contribution in [0, 0.1) is 11.8 Å². The average Bonchev–Trinajstić information content (AvgIpc) is 2.71. The van der Waals surface area contributed by atoms with Gasteiger partial charge in [0.2, 0.25) is 0 Å². The maximum absolute atomic E-state index is 5.52. The molecule has 106 valence electrons. The normalized spacial score (nSPS) is 38.8. The summed E-state index contributed by atoms with van der Waals surface area (Å²) < 4.78 is 5.52. The molecule has 1 saturated heterocycles. The minimum absolute atomic E-state index is 0.542. The lowest BCUT2D eigenvalue weighted by atomic mass is 9.93. The maximum Gasteiger partial charge on any atom is 0.0620 e. The summed E-state index contributed by atoms with van der Waals surface area (Å²) in [4.78, 5) is 0. The Hall–Kier alpha value is -0.120. The van der Waals surface area contributed by atoms with E-state index in [1.807, 2.05) is 0 Å². The van der Waals surface area contributed by atoms with Gasteiger partial charge in [0.15, 0.2) is 0 Å². The number of ether oxygens (including phenoxy) is 1. The van der Waals surface area contributed by atoms with E-state index in [1.54, 1.807) is 0 Å². The Labute approximate surface area is 112 Å². The van der Waals surface area contributed by atoms with Gasteiger partial charge in [0.1, 0.15) is 0 Å². The van der Waals surface area contributed by atoms with E-state index in [1.165, 1.54) is 25.7 Å². The Balaban J connectivity index is 1.72. The Morgan fingerprint density at radius 3 is 2.83 bits per heavy atom. The molecule has 2 fully saturated rings. The minimum atomic E-state index is 0.542. The highest BCUT2D eigenvalue weighted by atomic mass is 16.5. The van der Waals surface area contributed by atoms with E-state index in [4.69, 9.17) is 4.74 Å². The van der Waals surface area contributed by atoms with E-state index in [-0.39, 0.29) is 0 Å². The summed E-state index contributed by atoms with van der Waals surface area (Å²) >= 11 is 0. The van der Waals surface area contributed by atoms with Gasteiger partial charge in [0.25, 0.3) is 0 Å². The summed E-state index contributed by atoms with van der Waals surface area (Å²) in [6.45, 7) is 9.83. The quantitative estimate of drug-likeness (QED) is 0.789. The topological polar surface area (TPSA) is 33.3 Å². The molecule has 0 aromatic heterocycles. The van der Waals surface area contributed by atoms with Gasteiger partial charge in [0.05, 0.1) is 13.2 Å². The van der Waals surface area contributed by atoms with E-state index in [9.17, 15) is 0 Å². The monoisotopic (exact) mass is 254 g/mol. The zero-order valence-corrected chi connectivity index (χ0v) is 12.2. The highest BCUT2D eigenvalue weighted by Crippen LogP contribution is 2.34. The van der Waals surface area contributed by atoms with Crippen molar-refractivity contribution in [1.29, 1.82) is 0 Å². The zero-order chi connectivity index (χ0) is 13.0. The molecule has 18 heavy (non-hydrogen) atoms. The van der Waals surface area contributed by atoms with Gasteiger partial charge in [-0.15, -0.1) is 0 Å². The minimum Gasteiger partial charge on any atom is -0.379 e. The predicted octanol–water partition coefficient (Wildman–Crippen LogP) is 2.17. The number of hydrogen-bond donors (Lipinski definition) is 2. The van der Waals surface area contributed by atoms with Crippen LogP contribution in [0.2, 0.25) is 0 Å². The van der Waals surface area contributed by atoms with Gasteiger partial charge >= 0.3 is 0 Å². The maximum atomic E-state index is 5.52. The molecule has 2 N–H and O–H groups in total. The molecular formula is C15H30N2O. The summed E-state index contributed by atoms with van der Waals surface area (Å²) in [5.41, 5.74) is 0. The molecular weight excluding hydrogens is 224 g/mol. The molecule has 0 radical (unpaired) electrons. The van der Waals surface area contributed by atoms with E-state index in [0.717, 1.165) is 37.6 Å². The molecule has 2 aliphatic rings. The van der Waals surface area contributed by atoms with Crippen molar-refractivity contribution in [3.8, 4) is 0 Å². The molecule has 5 atom stereocenters. The van der Waals surface area contributed by atoms with E-state index in [0.29, 0.717) is 12.1 Å². The molecule has 0 aromatic carbocycles. The molecule has 1 aliphatic heterocycles. The molecule has 3 heteroatoms. The fourth-order valence-electron chi connectivity index (χ4n) is 3.69. The fourth-order valence-corrected chi connectivity index (χ4v) is 3.69. The fraction of sp³-hybridized carbons (Fsp3) is 1.00. The van der Waals surface area contributed by atoms with Gasteiger partial charge in [-0.1, -0.05) is 20.3 Å². The second-order valence-electron chi connectivity index (χ2n) is 6.24. The number of rotatable bonds is 5. The lowest BCUT2D eigenvalue weighted by molar-refractivity contribution is 0.0704. The Bertz CT molecular complexity index is 241.